The lowest BCUT2D eigenvalue weighted by molar-refractivity contribution is 0.112. The zero-order valence-electron chi connectivity index (χ0n) is 9.51. The third-order valence-electron chi connectivity index (χ3n) is 3.25. The third kappa shape index (κ3) is 1.81. The largest absolute Gasteiger partial charge is 0.381 e. The molecular weight excluding hydrogens is 234 g/mol. The number of benzene rings is 1. The monoisotopic (exact) mass is 247 g/mol. The Bertz CT molecular complexity index is 602. The van der Waals surface area contributed by atoms with Crippen LogP contribution < -0.4 is 0 Å². The van der Waals surface area contributed by atoms with Gasteiger partial charge in [0.05, 0.1) is 6.10 Å². The summed E-state index contributed by atoms with van der Waals surface area (Å²) < 4.78 is 7.89. The molecule has 0 amide bonds. The van der Waals surface area contributed by atoms with Crippen LogP contribution in [0.4, 0.5) is 0 Å². The molecule has 17 heavy (non-hydrogen) atoms. The number of ether oxygens (including phenoxy) is 1. The average molecular weight is 247 g/mol. The number of nitrogens with one attached hydrogen (secondary N) is 1. The van der Waals surface area contributed by atoms with Crippen molar-refractivity contribution >= 4 is 12.2 Å². The summed E-state index contributed by atoms with van der Waals surface area (Å²) in [5.41, 5.74) is 3.77. The summed E-state index contributed by atoms with van der Waals surface area (Å²) in [6.45, 7) is 0. The van der Waals surface area contributed by atoms with Gasteiger partial charge in [-0.15, -0.1) is 0 Å². The summed E-state index contributed by atoms with van der Waals surface area (Å²) in [4.78, 5) is 0. The second kappa shape index (κ2) is 4.09. The molecule has 5 heteroatoms. The number of H-pyrrole nitrogens is 1. The maximum Gasteiger partial charge on any atom is 0.199 e. The van der Waals surface area contributed by atoms with Crippen LogP contribution in [-0.2, 0) is 17.6 Å². The topological polar surface area (TPSA) is 42.8 Å². The van der Waals surface area contributed by atoms with Crippen LogP contribution in [0.25, 0.3) is 5.69 Å². The van der Waals surface area contributed by atoms with E-state index in [2.05, 4.69) is 28.4 Å². The van der Waals surface area contributed by atoms with Crippen molar-refractivity contribution in [1.29, 1.82) is 0 Å². The van der Waals surface area contributed by atoms with Crippen LogP contribution in [0.2, 0.25) is 0 Å². The highest BCUT2D eigenvalue weighted by Gasteiger charge is 2.21. The summed E-state index contributed by atoms with van der Waals surface area (Å²) in [5, 5.41) is 6.69. The fourth-order valence-corrected chi connectivity index (χ4v) is 2.52. The minimum Gasteiger partial charge on any atom is -0.381 e. The normalized spacial score (nSPS) is 18.3. The first-order valence-corrected chi connectivity index (χ1v) is 5.96. The molecule has 1 aliphatic carbocycles. The van der Waals surface area contributed by atoms with Gasteiger partial charge in [0.25, 0.3) is 0 Å². The van der Waals surface area contributed by atoms with Gasteiger partial charge in [0.15, 0.2) is 4.77 Å². The van der Waals surface area contributed by atoms with Crippen molar-refractivity contribution in [3.05, 3.63) is 40.4 Å². The van der Waals surface area contributed by atoms with Gasteiger partial charge in [-0.1, -0.05) is 6.07 Å². The predicted octanol–water partition coefficient (Wildman–Crippen LogP) is 2.04. The minimum atomic E-state index is 0.317. The first-order valence-electron chi connectivity index (χ1n) is 5.55. The highest BCUT2D eigenvalue weighted by atomic mass is 32.1. The van der Waals surface area contributed by atoms with E-state index in [-0.39, 0.29) is 0 Å². The summed E-state index contributed by atoms with van der Waals surface area (Å²) >= 11 is 5.16. The van der Waals surface area contributed by atoms with Gasteiger partial charge < -0.3 is 4.74 Å². The van der Waals surface area contributed by atoms with Gasteiger partial charge in [-0.05, 0) is 48.3 Å². The van der Waals surface area contributed by atoms with Crippen molar-refractivity contribution < 1.29 is 4.74 Å². The number of nitrogens with zero attached hydrogens (tertiary/aromatic N) is 2. The second-order valence-corrected chi connectivity index (χ2v) is 4.64. The first-order chi connectivity index (χ1) is 8.28. The van der Waals surface area contributed by atoms with E-state index < -0.39 is 0 Å². The van der Waals surface area contributed by atoms with Crippen LogP contribution >= 0.6 is 12.2 Å². The number of aromatic amines is 1. The van der Waals surface area contributed by atoms with E-state index in [9.17, 15) is 0 Å². The lowest BCUT2D eigenvalue weighted by Crippen LogP contribution is -2.08. The smallest absolute Gasteiger partial charge is 0.199 e. The number of rotatable bonds is 2. The molecular formula is C12H13N3OS. The molecule has 0 radical (unpaired) electrons. The molecule has 0 saturated heterocycles. The number of methoxy groups -OCH3 is 1. The van der Waals surface area contributed by atoms with E-state index in [0.717, 1.165) is 18.5 Å². The van der Waals surface area contributed by atoms with Crippen LogP contribution in [0.15, 0.2) is 24.5 Å². The van der Waals surface area contributed by atoms with Crippen LogP contribution in [0, 0.1) is 4.77 Å². The summed E-state index contributed by atoms with van der Waals surface area (Å²) in [6.07, 6.45) is 4.00. The number of aromatic nitrogens is 3. The van der Waals surface area contributed by atoms with Crippen molar-refractivity contribution in [2.24, 2.45) is 0 Å². The predicted molar refractivity (Wildman–Crippen MR) is 67.0 cm³/mol. The van der Waals surface area contributed by atoms with E-state index in [0.29, 0.717) is 10.9 Å². The molecule has 1 aliphatic rings. The maximum absolute atomic E-state index is 5.40. The second-order valence-electron chi connectivity index (χ2n) is 4.25. The summed E-state index contributed by atoms with van der Waals surface area (Å²) in [5.74, 6) is 0. The van der Waals surface area contributed by atoms with Gasteiger partial charge in [0.2, 0.25) is 0 Å². The van der Waals surface area contributed by atoms with E-state index in [4.69, 9.17) is 17.0 Å². The van der Waals surface area contributed by atoms with Crippen LogP contribution in [0.5, 0.6) is 0 Å². The minimum absolute atomic E-state index is 0.317. The van der Waals surface area contributed by atoms with Crippen LogP contribution in [-0.4, -0.2) is 28.0 Å². The van der Waals surface area contributed by atoms with Crippen molar-refractivity contribution in [3.63, 3.8) is 0 Å². The molecule has 1 aromatic heterocycles. The van der Waals surface area contributed by atoms with E-state index in [1.165, 1.54) is 11.1 Å². The number of fused-ring (bicyclic) bond motifs is 1. The lowest BCUT2D eigenvalue weighted by Gasteiger charge is -2.04. The zero-order chi connectivity index (χ0) is 11.8. The van der Waals surface area contributed by atoms with Crippen LogP contribution in [0.3, 0.4) is 0 Å². The van der Waals surface area contributed by atoms with E-state index in [1.54, 1.807) is 13.4 Å². The molecule has 1 atom stereocenters. The number of hydrogen-bond donors (Lipinski definition) is 1. The van der Waals surface area contributed by atoms with Gasteiger partial charge in [-0.3, -0.25) is 9.67 Å². The Morgan fingerprint density at radius 2 is 2.24 bits per heavy atom. The van der Waals surface area contributed by atoms with Crippen molar-refractivity contribution in [2.75, 3.05) is 7.11 Å². The molecule has 0 fully saturated rings. The molecule has 1 N–H and O–H groups in total. The summed E-state index contributed by atoms with van der Waals surface area (Å²) in [6, 6.07) is 6.39. The summed E-state index contributed by atoms with van der Waals surface area (Å²) in [7, 11) is 1.77. The highest BCUT2D eigenvalue weighted by Crippen LogP contribution is 2.26. The highest BCUT2D eigenvalue weighted by molar-refractivity contribution is 7.71. The molecule has 0 bridgehead atoms. The first kappa shape index (κ1) is 10.7. The fourth-order valence-electron chi connectivity index (χ4n) is 2.31. The van der Waals surface area contributed by atoms with Crippen molar-refractivity contribution in [1.82, 2.24) is 14.8 Å². The van der Waals surface area contributed by atoms with Crippen molar-refractivity contribution in [2.45, 2.75) is 18.9 Å². The molecule has 2 aromatic rings. The molecule has 0 saturated carbocycles. The molecule has 0 aliphatic heterocycles. The standard InChI is InChI=1S/C12H13N3OS/c1-16-11-5-8-2-3-10(4-9(8)6-11)15-7-13-14-12(15)17/h2-4,7,11H,5-6H2,1H3,(H,14,17). The van der Waals surface area contributed by atoms with E-state index in [1.807, 2.05) is 4.57 Å². The average Bonchev–Trinajstić information content (AvgIpc) is 2.93. The van der Waals surface area contributed by atoms with Gasteiger partial charge >= 0.3 is 0 Å². The Labute approximate surface area is 104 Å². The SMILES string of the molecule is COC1Cc2ccc(-n3cn[nH]c3=S)cc2C1. The molecule has 1 heterocycles. The molecule has 1 unspecified atom stereocenters. The molecule has 1 aromatic carbocycles. The Kier molecular flexibility index (Phi) is 2.57. The maximum atomic E-state index is 5.40. The zero-order valence-corrected chi connectivity index (χ0v) is 10.3. The Balaban J connectivity index is 2.01. The van der Waals surface area contributed by atoms with Crippen molar-refractivity contribution in [3.8, 4) is 5.69 Å². The van der Waals surface area contributed by atoms with Gasteiger partial charge in [0, 0.05) is 12.8 Å². The third-order valence-corrected chi connectivity index (χ3v) is 3.54. The lowest BCUT2D eigenvalue weighted by atomic mass is 10.1. The molecule has 0 spiro atoms. The molecule has 4 nitrogen and oxygen atoms in total. The molecule has 3 rings (SSSR count). The Hall–Kier alpha value is -1.46. The number of hydrogen-bond acceptors (Lipinski definition) is 3. The van der Waals surface area contributed by atoms with Gasteiger partial charge in [-0.2, -0.15) is 5.10 Å². The molecule has 88 valence electrons. The van der Waals surface area contributed by atoms with Gasteiger partial charge in [-0.25, -0.2) is 0 Å². The van der Waals surface area contributed by atoms with E-state index >= 15 is 0 Å². The fraction of sp³-hybridized carbons (Fsp3) is 0.333. The van der Waals surface area contributed by atoms with Crippen LogP contribution in [0.1, 0.15) is 11.1 Å². The van der Waals surface area contributed by atoms with Gasteiger partial charge in [0.1, 0.15) is 6.33 Å². The Morgan fingerprint density at radius 1 is 1.41 bits per heavy atom. The Morgan fingerprint density at radius 3 is 2.94 bits per heavy atom. The quantitative estimate of drug-likeness (QED) is 0.826.